The lowest BCUT2D eigenvalue weighted by Crippen LogP contribution is -2.48. The molecule has 0 spiro atoms. The summed E-state index contributed by atoms with van der Waals surface area (Å²) in [5.41, 5.74) is 2.86. The van der Waals surface area contributed by atoms with Gasteiger partial charge in [0.25, 0.3) is 5.91 Å². The number of benzene rings is 2. The highest BCUT2D eigenvalue weighted by Gasteiger charge is 2.23. The minimum atomic E-state index is -0.228. The SMILES string of the molecule is O=C(c1ccc2c(c1)CCCO2)N1CCN(c2ccc(F)cc2)CC1. The zero-order valence-electron chi connectivity index (χ0n) is 14.1. The molecule has 1 saturated heterocycles. The van der Waals surface area contributed by atoms with Gasteiger partial charge in [0.1, 0.15) is 11.6 Å². The Hall–Kier alpha value is -2.56. The van der Waals surface area contributed by atoms with Gasteiger partial charge < -0.3 is 14.5 Å². The van der Waals surface area contributed by atoms with Crippen molar-refractivity contribution in [3.63, 3.8) is 0 Å². The number of anilines is 1. The van der Waals surface area contributed by atoms with E-state index in [1.165, 1.54) is 12.1 Å². The summed E-state index contributed by atoms with van der Waals surface area (Å²) in [7, 11) is 0. The number of halogens is 1. The molecule has 1 amide bonds. The first-order chi connectivity index (χ1) is 12.2. The van der Waals surface area contributed by atoms with Crippen molar-refractivity contribution in [2.75, 3.05) is 37.7 Å². The Morgan fingerprint density at radius 3 is 2.52 bits per heavy atom. The van der Waals surface area contributed by atoms with Gasteiger partial charge in [0.2, 0.25) is 0 Å². The molecule has 0 atom stereocenters. The maximum atomic E-state index is 13.0. The Morgan fingerprint density at radius 1 is 1.00 bits per heavy atom. The molecular formula is C20H21FN2O2. The van der Waals surface area contributed by atoms with Crippen LogP contribution in [0.15, 0.2) is 42.5 Å². The van der Waals surface area contributed by atoms with E-state index in [9.17, 15) is 9.18 Å². The van der Waals surface area contributed by atoms with Crippen LogP contribution >= 0.6 is 0 Å². The molecule has 4 nitrogen and oxygen atoms in total. The lowest BCUT2D eigenvalue weighted by atomic mass is 10.0. The second kappa shape index (κ2) is 6.75. The number of aryl methyl sites for hydroxylation is 1. The number of piperazine rings is 1. The van der Waals surface area contributed by atoms with Crippen LogP contribution in [0.1, 0.15) is 22.3 Å². The second-order valence-electron chi connectivity index (χ2n) is 6.53. The highest BCUT2D eigenvalue weighted by atomic mass is 19.1. The van der Waals surface area contributed by atoms with Crippen molar-refractivity contribution in [1.82, 2.24) is 4.90 Å². The maximum absolute atomic E-state index is 13.0. The molecule has 0 radical (unpaired) electrons. The molecule has 0 aromatic heterocycles. The molecule has 4 rings (SSSR count). The van der Waals surface area contributed by atoms with Crippen LogP contribution < -0.4 is 9.64 Å². The number of amides is 1. The van der Waals surface area contributed by atoms with E-state index in [0.717, 1.165) is 55.1 Å². The lowest BCUT2D eigenvalue weighted by Gasteiger charge is -2.36. The number of ether oxygens (including phenoxy) is 1. The smallest absolute Gasteiger partial charge is 0.253 e. The third-order valence-corrected chi connectivity index (χ3v) is 4.91. The fourth-order valence-electron chi connectivity index (χ4n) is 3.50. The van der Waals surface area contributed by atoms with E-state index in [4.69, 9.17) is 4.74 Å². The summed E-state index contributed by atoms with van der Waals surface area (Å²) in [6.07, 6.45) is 1.97. The van der Waals surface area contributed by atoms with E-state index in [0.29, 0.717) is 13.1 Å². The van der Waals surface area contributed by atoms with Gasteiger partial charge in [-0.3, -0.25) is 4.79 Å². The summed E-state index contributed by atoms with van der Waals surface area (Å²) in [6.45, 7) is 3.61. The first-order valence-corrected chi connectivity index (χ1v) is 8.76. The largest absolute Gasteiger partial charge is 0.493 e. The molecule has 25 heavy (non-hydrogen) atoms. The number of carbonyl (C=O) groups is 1. The summed E-state index contributed by atoms with van der Waals surface area (Å²) < 4.78 is 18.7. The molecule has 0 unspecified atom stereocenters. The summed E-state index contributed by atoms with van der Waals surface area (Å²) in [4.78, 5) is 16.9. The molecule has 2 heterocycles. The Kier molecular flexibility index (Phi) is 4.30. The number of carbonyl (C=O) groups excluding carboxylic acids is 1. The summed E-state index contributed by atoms with van der Waals surface area (Å²) >= 11 is 0. The monoisotopic (exact) mass is 340 g/mol. The fraction of sp³-hybridized carbons (Fsp3) is 0.350. The third-order valence-electron chi connectivity index (χ3n) is 4.91. The average molecular weight is 340 g/mol. The van der Waals surface area contributed by atoms with Crippen molar-refractivity contribution in [1.29, 1.82) is 0 Å². The Labute approximate surface area is 146 Å². The van der Waals surface area contributed by atoms with E-state index in [1.807, 2.05) is 23.1 Å². The number of hydrogen-bond donors (Lipinski definition) is 0. The quantitative estimate of drug-likeness (QED) is 0.842. The second-order valence-corrected chi connectivity index (χ2v) is 6.53. The lowest BCUT2D eigenvalue weighted by molar-refractivity contribution is 0.0746. The van der Waals surface area contributed by atoms with Crippen LogP contribution in [0.25, 0.3) is 0 Å². The van der Waals surface area contributed by atoms with Crippen LogP contribution in [0, 0.1) is 5.82 Å². The first kappa shape index (κ1) is 15.9. The fourth-order valence-corrected chi connectivity index (χ4v) is 3.50. The molecule has 130 valence electrons. The van der Waals surface area contributed by atoms with Gasteiger partial charge in [-0.25, -0.2) is 4.39 Å². The Morgan fingerprint density at radius 2 is 1.76 bits per heavy atom. The normalized spacial score (nSPS) is 17.0. The molecular weight excluding hydrogens is 319 g/mol. The van der Waals surface area contributed by atoms with Gasteiger partial charge in [-0.1, -0.05) is 0 Å². The predicted octanol–water partition coefficient (Wildman–Crippen LogP) is 3.11. The molecule has 2 aromatic rings. The topological polar surface area (TPSA) is 32.8 Å². The van der Waals surface area contributed by atoms with Crippen molar-refractivity contribution in [3.8, 4) is 5.75 Å². The zero-order chi connectivity index (χ0) is 17.2. The minimum absolute atomic E-state index is 0.0760. The number of nitrogens with zero attached hydrogens (tertiary/aromatic N) is 2. The Balaban J connectivity index is 1.42. The van der Waals surface area contributed by atoms with Gasteiger partial charge in [0.15, 0.2) is 0 Å². The maximum Gasteiger partial charge on any atom is 0.253 e. The van der Waals surface area contributed by atoms with Gasteiger partial charge in [0, 0.05) is 37.4 Å². The Bertz CT molecular complexity index is 768. The average Bonchev–Trinajstić information content (AvgIpc) is 2.68. The van der Waals surface area contributed by atoms with Crippen LogP contribution in [0.5, 0.6) is 5.75 Å². The van der Waals surface area contributed by atoms with Crippen LogP contribution in [0.3, 0.4) is 0 Å². The zero-order valence-corrected chi connectivity index (χ0v) is 14.1. The standard InChI is InChI=1S/C20H21FN2O2/c21-17-4-6-18(7-5-17)22-9-11-23(12-10-22)20(24)16-3-8-19-15(14-16)2-1-13-25-19/h3-8,14H,1-2,9-13H2. The van der Waals surface area contributed by atoms with Crippen LogP contribution in [-0.2, 0) is 6.42 Å². The highest BCUT2D eigenvalue weighted by molar-refractivity contribution is 5.94. The predicted molar refractivity (Wildman–Crippen MR) is 94.8 cm³/mol. The van der Waals surface area contributed by atoms with Gasteiger partial charge in [-0.05, 0) is 60.9 Å². The number of fused-ring (bicyclic) bond motifs is 1. The van der Waals surface area contributed by atoms with Crippen LogP contribution in [0.2, 0.25) is 0 Å². The molecule has 5 heteroatoms. The van der Waals surface area contributed by atoms with Gasteiger partial charge >= 0.3 is 0 Å². The third kappa shape index (κ3) is 3.31. The molecule has 2 aliphatic rings. The number of rotatable bonds is 2. The van der Waals surface area contributed by atoms with Crippen molar-refractivity contribution in [2.45, 2.75) is 12.8 Å². The first-order valence-electron chi connectivity index (χ1n) is 8.76. The van der Waals surface area contributed by atoms with Gasteiger partial charge in [-0.15, -0.1) is 0 Å². The summed E-state index contributed by atoms with van der Waals surface area (Å²) in [5, 5.41) is 0. The molecule has 1 fully saturated rings. The van der Waals surface area contributed by atoms with Crippen molar-refractivity contribution >= 4 is 11.6 Å². The van der Waals surface area contributed by atoms with Crippen molar-refractivity contribution < 1.29 is 13.9 Å². The van der Waals surface area contributed by atoms with Gasteiger partial charge in [0.05, 0.1) is 6.61 Å². The number of hydrogen-bond acceptors (Lipinski definition) is 3. The molecule has 2 aromatic carbocycles. The molecule has 0 aliphatic carbocycles. The molecule has 0 bridgehead atoms. The minimum Gasteiger partial charge on any atom is -0.493 e. The highest BCUT2D eigenvalue weighted by Crippen LogP contribution is 2.26. The summed E-state index contributed by atoms with van der Waals surface area (Å²) in [5.74, 6) is 0.755. The molecule has 0 N–H and O–H groups in total. The van der Waals surface area contributed by atoms with E-state index >= 15 is 0 Å². The summed E-state index contributed by atoms with van der Waals surface area (Å²) in [6, 6.07) is 12.3. The molecule has 2 aliphatic heterocycles. The van der Waals surface area contributed by atoms with Crippen LogP contribution in [0.4, 0.5) is 10.1 Å². The van der Waals surface area contributed by atoms with Crippen molar-refractivity contribution in [2.24, 2.45) is 0 Å². The van der Waals surface area contributed by atoms with E-state index in [1.54, 1.807) is 12.1 Å². The van der Waals surface area contributed by atoms with Crippen LogP contribution in [-0.4, -0.2) is 43.6 Å². The van der Waals surface area contributed by atoms with E-state index in [-0.39, 0.29) is 11.7 Å². The molecule has 0 saturated carbocycles. The van der Waals surface area contributed by atoms with Gasteiger partial charge in [-0.2, -0.15) is 0 Å². The van der Waals surface area contributed by atoms with E-state index in [2.05, 4.69) is 4.90 Å². The van der Waals surface area contributed by atoms with Crippen molar-refractivity contribution in [3.05, 3.63) is 59.4 Å². The van der Waals surface area contributed by atoms with E-state index < -0.39 is 0 Å².